The quantitative estimate of drug-likeness (QED) is 0.273. The Kier molecular flexibility index (Phi) is 5.15. The highest BCUT2D eigenvalue weighted by Crippen LogP contribution is 2.40. The highest BCUT2D eigenvalue weighted by atomic mass is 35.5. The maximum Gasteiger partial charge on any atom is 0.291 e. The first-order valence-corrected chi connectivity index (χ1v) is 10.7. The van der Waals surface area contributed by atoms with Gasteiger partial charge in [0, 0.05) is 28.7 Å². The lowest BCUT2D eigenvalue weighted by atomic mass is 9.98. The van der Waals surface area contributed by atoms with Crippen LogP contribution in [0.2, 0.25) is 10.0 Å². The van der Waals surface area contributed by atoms with Gasteiger partial charge in [0.15, 0.2) is 5.43 Å². The molecule has 0 saturated heterocycles. The second-order valence-corrected chi connectivity index (χ2v) is 8.44. The van der Waals surface area contributed by atoms with Crippen LogP contribution in [0.4, 0.5) is 5.69 Å². The third kappa shape index (κ3) is 3.55. The Hall–Kier alpha value is -3.68. The van der Waals surface area contributed by atoms with Gasteiger partial charge in [0.05, 0.1) is 21.9 Å². The molecule has 33 heavy (non-hydrogen) atoms. The number of hydrogen-bond acceptors (Lipinski definition) is 5. The maximum atomic E-state index is 13.5. The standard InChI is InChI=1S/C24H14Cl2N2O5/c25-15-8-9-19-17(11-15)22(29)20-21(13-5-3-6-16(10-13)28(31)32)27(24(30)23(20)33-19)12-14-4-1-2-7-18(14)26/h1-11,21H,12H2. The maximum absolute atomic E-state index is 13.5. The summed E-state index contributed by atoms with van der Waals surface area (Å²) < 4.78 is 5.86. The van der Waals surface area contributed by atoms with Crippen LogP contribution in [-0.2, 0) is 6.54 Å². The molecule has 1 unspecified atom stereocenters. The molecule has 164 valence electrons. The molecular formula is C24H14Cl2N2O5. The van der Waals surface area contributed by atoms with E-state index in [9.17, 15) is 19.7 Å². The molecule has 0 spiro atoms. The van der Waals surface area contributed by atoms with Gasteiger partial charge < -0.3 is 9.32 Å². The molecule has 9 heteroatoms. The van der Waals surface area contributed by atoms with Gasteiger partial charge in [-0.3, -0.25) is 19.7 Å². The minimum Gasteiger partial charge on any atom is -0.450 e. The molecule has 2 heterocycles. The molecule has 0 N–H and O–H groups in total. The Labute approximate surface area is 196 Å². The van der Waals surface area contributed by atoms with Crippen LogP contribution in [0.5, 0.6) is 0 Å². The molecule has 0 radical (unpaired) electrons. The van der Waals surface area contributed by atoms with Crippen molar-refractivity contribution in [2.24, 2.45) is 0 Å². The molecular weight excluding hydrogens is 467 g/mol. The highest BCUT2D eigenvalue weighted by molar-refractivity contribution is 6.31. The van der Waals surface area contributed by atoms with E-state index in [1.165, 1.54) is 35.2 Å². The lowest BCUT2D eigenvalue weighted by molar-refractivity contribution is -0.384. The van der Waals surface area contributed by atoms with E-state index in [1.807, 2.05) is 0 Å². The van der Waals surface area contributed by atoms with Gasteiger partial charge in [-0.05, 0) is 35.4 Å². The van der Waals surface area contributed by atoms with Crippen LogP contribution in [0.1, 0.15) is 33.3 Å². The number of benzene rings is 3. The van der Waals surface area contributed by atoms with Gasteiger partial charge in [-0.25, -0.2) is 0 Å². The fourth-order valence-corrected chi connectivity index (χ4v) is 4.49. The molecule has 7 nitrogen and oxygen atoms in total. The summed E-state index contributed by atoms with van der Waals surface area (Å²) in [5, 5.41) is 12.4. The lowest BCUT2D eigenvalue weighted by Gasteiger charge is -2.25. The first kappa shape index (κ1) is 21.2. The van der Waals surface area contributed by atoms with Crippen molar-refractivity contribution in [3.8, 4) is 0 Å². The van der Waals surface area contributed by atoms with E-state index in [0.717, 1.165) is 0 Å². The molecule has 1 atom stereocenters. The summed E-state index contributed by atoms with van der Waals surface area (Å²) in [5.41, 5.74) is 0.851. The summed E-state index contributed by atoms with van der Waals surface area (Å²) >= 11 is 12.4. The van der Waals surface area contributed by atoms with Crippen LogP contribution in [0.15, 0.2) is 75.9 Å². The molecule has 0 fully saturated rings. The molecule has 1 aliphatic heterocycles. The van der Waals surface area contributed by atoms with Gasteiger partial charge in [0.25, 0.3) is 11.6 Å². The van der Waals surface area contributed by atoms with Crippen LogP contribution in [-0.4, -0.2) is 15.7 Å². The first-order chi connectivity index (χ1) is 15.8. The highest BCUT2D eigenvalue weighted by Gasteiger charge is 2.43. The number of hydrogen-bond donors (Lipinski definition) is 0. The fraction of sp³-hybridized carbons (Fsp3) is 0.0833. The predicted molar refractivity (Wildman–Crippen MR) is 124 cm³/mol. The summed E-state index contributed by atoms with van der Waals surface area (Å²) in [6, 6.07) is 16.6. The number of fused-ring (bicyclic) bond motifs is 2. The number of rotatable bonds is 4. The van der Waals surface area contributed by atoms with Crippen molar-refractivity contribution in [3.05, 3.63) is 120 Å². The number of nitrogens with zero attached hydrogens (tertiary/aromatic N) is 2. The van der Waals surface area contributed by atoms with Crippen molar-refractivity contribution in [2.45, 2.75) is 12.6 Å². The van der Waals surface area contributed by atoms with E-state index in [0.29, 0.717) is 21.2 Å². The number of amides is 1. The smallest absolute Gasteiger partial charge is 0.291 e. The predicted octanol–water partition coefficient (Wildman–Crippen LogP) is 5.75. The second kappa shape index (κ2) is 8.03. The molecule has 1 amide bonds. The van der Waals surface area contributed by atoms with Crippen molar-refractivity contribution in [1.29, 1.82) is 0 Å². The molecule has 4 aromatic rings. The van der Waals surface area contributed by atoms with Crippen LogP contribution in [0.3, 0.4) is 0 Å². The Morgan fingerprint density at radius 3 is 2.55 bits per heavy atom. The average Bonchev–Trinajstić information content (AvgIpc) is 3.08. The van der Waals surface area contributed by atoms with Crippen LogP contribution >= 0.6 is 23.2 Å². The summed E-state index contributed by atoms with van der Waals surface area (Å²) in [5.74, 6) is -0.603. The molecule has 0 aliphatic carbocycles. The van der Waals surface area contributed by atoms with Crippen LogP contribution in [0.25, 0.3) is 11.0 Å². The molecule has 0 bridgehead atoms. The van der Waals surface area contributed by atoms with E-state index in [1.54, 1.807) is 36.4 Å². The van der Waals surface area contributed by atoms with Crippen molar-refractivity contribution in [1.82, 2.24) is 4.90 Å². The van der Waals surface area contributed by atoms with E-state index in [4.69, 9.17) is 27.6 Å². The Bertz CT molecular complexity index is 1510. The minimum atomic E-state index is -0.900. The average molecular weight is 481 g/mol. The van der Waals surface area contributed by atoms with Crippen LogP contribution in [0, 0.1) is 10.1 Å². The number of nitro benzene ring substituents is 1. The first-order valence-electron chi connectivity index (χ1n) is 9.90. The number of carbonyl (C=O) groups excluding carboxylic acids is 1. The second-order valence-electron chi connectivity index (χ2n) is 7.59. The van der Waals surface area contributed by atoms with Crippen molar-refractivity contribution < 1.29 is 14.1 Å². The Morgan fingerprint density at radius 2 is 1.79 bits per heavy atom. The Balaban J connectivity index is 1.76. The zero-order valence-corrected chi connectivity index (χ0v) is 18.3. The van der Waals surface area contributed by atoms with Gasteiger partial charge in [-0.1, -0.05) is 53.5 Å². The summed E-state index contributed by atoms with van der Waals surface area (Å²) in [6.45, 7) is 0.0760. The monoisotopic (exact) mass is 480 g/mol. The van der Waals surface area contributed by atoms with Crippen LogP contribution < -0.4 is 5.43 Å². The number of halogens is 2. The lowest BCUT2D eigenvalue weighted by Crippen LogP contribution is -2.29. The van der Waals surface area contributed by atoms with Crippen molar-refractivity contribution in [2.75, 3.05) is 0 Å². The largest absolute Gasteiger partial charge is 0.450 e. The molecule has 1 aromatic heterocycles. The SMILES string of the molecule is O=C1c2oc3ccc(Cl)cc3c(=O)c2C(c2cccc([N+](=O)[O-])c2)N1Cc1ccccc1Cl. The third-order valence-corrected chi connectivity index (χ3v) is 6.23. The van der Waals surface area contributed by atoms with Crippen molar-refractivity contribution in [3.63, 3.8) is 0 Å². The number of carbonyl (C=O) groups is 1. The zero-order chi connectivity index (χ0) is 23.3. The van der Waals surface area contributed by atoms with Gasteiger partial charge in [0.1, 0.15) is 5.58 Å². The van der Waals surface area contributed by atoms with E-state index >= 15 is 0 Å². The van der Waals surface area contributed by atoms with E-state index in [-0.39, 0.29) is 34.5 Å². The van der Waals surface area contributed by atoms with Crippen molar-refractivity contribution >= 4 is 45.8 Å². The molecule has 1 aliphatic rings. The number of nitro groups is 1. The zero-order valence-electron chi connectivity index (χ0n) is 16.8. The summed E-state index contributed by atoms with van der Waals surface area (Å²) in [4.78, 5) is 39.3. The summed E-state index contributed by atoms with van der Waals surface area (Å²) in [6.07, 6.45) is 0. The van der Waals surface area contributed by atoms with E-state index in [2.05, 4.69) is 0 Å². The fourth-order valence-electron chi connectivity index (χ4n) is 4.12. The number of non-ortho nitro benzene ring substituents is 1. The van der Waals surface area contributed by atoms with Gasteiger partial charge >= 0.3 is 0 Å². The third-order valence-electron chi connectivity index (χ3n) is 5.62. The minimum absolute atomic E-state index is 0.0760. The molecule has 0 saturated carbocycles. The van der Waals surface area contributed by atoms with Gasteiger partial charge in [-0.2, -0.15) is 0 Å². The van der Waals surface area contributed by atoms with E-state index < -0.39 is 22.3 Å². The topological polar surface area (TPSA) is 93.7 Å². The Morgan fingerprint density at radius 1 is 1.00 bits per heavy atom. The summed E-state index contributed by atoms with van der Waals surface area (Å²) in [7, 11) is 0. The van der Waals surface area contributed by atoms with Gasteiger partial charge in [0.2, 0.25) is 5.76 Å². The molecule has 5 rings (SSSR count). The normalized spacial score (nSPS) is 15.2. The molecule has 3 aromatic carbocycles. The van der Waals surface area contributed by atoms with Gasteiger partial charge in [-0.15, -0.1) is 0 Å².